The second-order valence-electron chi connectivity index (χ2n) is 7.18. The van der Waals surface area contributed by atoms with E-state index < -0.39 is 11.8 Å². The number of benzene rings is 1. The van der Waals surface area contributed by atoms with Crippen molar-refractivity contribution in [2.45, 2.75) is 26.7 Å². The van der Waals surface area contributed by atoms with Crippen LogP contribution in [0.15, 0.2) is 41.2 Å². The van der Waals surface area contributed by atoms with Crippen LogP contribution >= 0.6 is 0 Å². The highest BCUT2D eigenvalue weighted by Gasteiger charge is 2.25. The molecule has 7 nitrogen and oxygen atoms in total. The van der Waals surface area contributed by atoms with Gasteiger partial charge in [-0.15, -0.1) is 0 Å². The highest BCUT2D eigenvalue weighted by molar-refractivity contribution is 6.39. The Morgan fingerprint density at radius 1 is 1.07 bits per heavy atom. The molecule has 0 spiro atoms. The van der Waals surface area contributed by atoms with E-state index in [1.165, 1.54) is 12.5 Å². The van der Waals surface area contributed by atoms with Crippen molar-refractivity contribution < 1.29 is 18.8 Å². The van der Waals surface area contributed by atoms with E-state index in [1.807, 2.05) is 32.0 Å². The van der Waals surface area contributed by atoms with E-state index in [9.17, 15) is 14.4 Å². The summed E-state index contributed by atoms with van der Waals surface area (Å²) < 4.78 is 4.96. The molecule has 1 aromatic carbocycles. The van der Waals surface area contributed by atoms with Crippen LogP contribution in [0.3, 0.4) is 0 Å². The zero-order chi connectivity index (χ0) is 20.1. The molecule has 0 unspecified atom stereocenters. The average Bonchev–Trinajstić information content (AvgIpc) is 3.23. The number of carbonyl (C=O) groups excluding carboxylic acids is 3. The van der Waals surface area contributed by atoms with Gasteiger partial charge in [-0.25, -0.2) is 0 Å². The SMILES string of the molecule is Cc1cccc(C)c1NC(=O)C(=O)NCC1CCN(C(=O)c2ccoc2)CC1. The molecule has 1 fully saturated rings. The van der Waals surface area contributed by atoms with E-state index in [4.69, 9.17) is 4.42 Å². The van der Waals surface area contributed by atoms with Crippen LogP contribution < -0.4 is 10.6 Å². The van der Waals surface area contributed by atoms with Crippen molar-refractivity contribution in [3.8, 4) is 0 Å². The maximum atomic E-state index is 12.3. The maximum Gasteiger partial charge on any atom is 0.313 e. The Morgan fingerprint density at radius 3 is 2.36 bits per heavy atom. The van der Waals surface area contributed by atoms with Crippen molar-refractivity contribution in [2.24, 2.45) is 5.92 Å². The number of rotatable bonds is 4. The molecule has 0 bridgehead atoms. The minimum absolute atomic E-state index is 0.0378. The van der Waals surface area contributed by atoms with Crippen molar-refractivity contribution in [1.82, 2.24) is 10.2 Å². The summed E-state index contributed by atoms with van der Waals surface area (Å²) in [5.41, 5.74) is 3.05. The number of hydrogen-bond acceptors (Lipinski definition) is 4. The fraction of sp³-hybridized carbons (Fsp3) is 0.381. The lowest BCUT2D eigenvalue weighted by molar-refractivity contribution is -0.136. The zero-order valence-corrected chi connectivity index (χ0v) is 16.2. The van der Waals surface area contributed by atoms with Crippen LogP contribution in [0.5, 0.6) is 0 Å². The standard InChI is InChI=1S/C21H25N3O4/c1-14-4-3-5-15(2)18(14)23-20(26)19(25)22-12-16-6-9-24(10-7-16)21(27)17-8-11-28-13-17/h3-5,8,11,13,16H,6-7,9-10,12H2,1-2H3,(H,22,25)(H,23,26). The van der Waals surface area contributed by atoms with E-state index in [2.05, 4.69) is 10.6 Å². The number of hydrogen-bond donors (Lipinski definition) is 2. The minimum Gasteiger partial charge on any atom is -0.472 e. The van der Waals surface area contributed by atoms with Gasteiger partial charge in [-0.1, -0.05) is 18.2 Å². The van der Waals surface area contributed by atoms with Crippen LogP contribution in [0, 0.1) is 19.8 Å². The molecular formula is C21H25N3O4. The lowest BCUT2D eigenvalue weighted by Gasteiger charge is -2.31. The highest BCUT2D eigenvalue weighted by atomic mass is 16.3. The number of anilines is 1. The normalized spacial score (nSPS) is 14.6. The van der Waals surface area contributed by atoms with E-state index in [1.54, 1.807) is 11.0 Å². The summed E-state index contributed by atoms with van der Waals surface area (Å²) in [6.45, 7) is 5.45. The molecule has 0 radical (unpaired) electrons. The van der Waals surface area contributed by atoms with Crippen LogP contribution in [0.25, 0.3) is 0 Å². The molecule has 3 rings (SSSR count). The molecule has 2 heterocycles. The Bertz CT molecular complexity index is 832. The largest absolute Gasteiger partial charge is 0.472 e. The molecule has 2 aromatic rings. The number of likely N-dealkylation sites (tertiary alicyclic amines) is 1. The van der Waals surface area contributed by atoms with Crippen LogP contribution in [-0.2, 0) is 9.59 Å². The van der Waals surface area contributed by atoms with Crippen LogP contribution in [-0.4, -0.2) is 42.3 Å². The molecule has 7 heteroatoms. The van der Waals surface area contributed by atoms with Crippen molar-refractivity contribution in [1.29, 1.82) is 0 Å². The Morgan fingerprint density at radius 2 is 1.75 bits per heavy atom. The van der Waals surface area contributed by atoms with Gasteiger partial charge in [0, 0.05) is 25.3 Å². The summed E-state index contributed by atoms with van der Waals surface area (Å²) in [7, 11) is 0. The first kappa shape index (κ1) is 19.7. The molecule has 3 amide bonds. The van der Waals surface area contributed by atoms with Gasteiger partial charge in [0.1, 0.15) is 6.26 Å². The van der Waals surface area contributed by atoms with Gasteiger partial charge < -0.3 is 20.0 Å². The molecule has 1 aromatic heterocycles. The van der Waals surface area contributed by atoms with Gasteiger partial charge in [-0.2, -0.15) is 0 Å². The van der Waals surface area contributed by atoms with Crippen molar-refractivity contribution in [3.05, 3.63) is 53.5 Å². The molecule has 1 aliphatic heterocycles. The van der Waals surface area contributed by atoms with Gasteiger partial charge in [-0.3, -0.25) is 14.4 Å². The van der Waals surface area contributed by atoms with E-state index >= 15 is 0 Å². The van der Waals surface area contributed by atoms with Crippen LogP contribution in [0.1, 0.15) is 34.3 Å². The number of nitrogens with one attached hydrogen (secondary N) is 2. The van der Waals surface area contributed by atoms with E-state index in [0.29, 0.717) is 30.9 Å². The summed E-state index contributed by atoms with van der Waals surface area (Å²) >= 11 is 0. The van der Waals surface area contributed by atoms with E-state index in [0.717, 1.165) is 24.0 Å². The Kier molecular flexibility index (Phi) is 6.13. The molecule has 0 aliphatic carbocycles. The molecule has 148 valence electrons. The van der Waals surface area contributed by atoms with Gasteiger partial charge in [0.05, 0.1) is 11.8 Å². The third-order valence-electron chi connectivity index (χ3n) is 5.15. The lowest BCUT2D eigenvalue weighted by Crippen LogP contribution is -2.43. The summed E-state index contributed by atoms with van der Waals surface area (Å²) in [6.07, 6.45) is 4.49. The second-order valence-corrected chi connectivity index (χ2v) is 7.18. The molecule has 1 saturated heterocycles. The van der Waals surface area contributed by atoms with Crippen LogP contribution in [0.4, 0.5) is 5.69 Å². The summed E-state index contributed by atoms with van der Waals surface area (Å²) in [5, 5.41) is 5.40. The van der Waals surface area contributed by atoms with Crippen molar-refractivity contribution >= 4 is 23.4 Å². The Labute approximate surface area is 164 Å². The molecule has 1 aliphatic rings. The predicted molar refractivity (Wildman–Crippen MR) is 105 cm³/mol. The number of amides is 3. The summed E-state index contributed by atoms with van der Waals surface area (Å²) in [4.78, 5) is 38.4. The van der Waals surface area contributed by atoms with Crippen LogP contribution in [0.2, 0.25) is 0 Å². The summed E-state index contributed by atoms with van der Waals surface area (Å²) in [5.74, 6) is -1.10. The van der Waals surface area contributed by atoms with Gasteiger partial charge in [0.2, 0.25) is 0 Å². The lowest BCUT2D eigenvalue weighted by atomic mass is 9.96. The van der Waals surface area contributed by atoms with Gasteiger partial charge in [-0.05, 0) is 49.8 Å². The fourth-order valence-electron chi connectivity index (χ4n) is 3.41. The number of aryl methyl sites for hydroxylation is 2. The summed E-state index contributed by atoms with van der Waals surface area (Å²) in [6, 6.07) is 7.34. The third-order valence-corrected chi connectivity index (χ3v) is 5.15. The molecule has 0 saturated carbocycles. The molecular weight excluding hydrogens is 358 g/mol. The van der Waals surface area contributed by atoms with Gasteiger partial charge in [0.25, 0.3) is 5.91 Å². The first-order chi connectivity index (χ1) is 13.5. The number of nitrogens with zero attached hydrogens (tertiary/aromatic N) is 1. The Hall–Kier alpha value is -3.09. The quantitative estimate of drug-likeness (QED) is 0.794. The zero-order valence-electron chi connectivity index (χ0n) is 16.2. The first-order valence-electron chi connectivity index (χ1n) is 9.42. The topological polar surface area (TPSA) is 91.7 Å². The smallest absolute Gasteiger partial charge is 0.313 e. The number of carbonyl (C=O) groups is 3. The predicted octanol–water partition coefficient (Wildman–Crippen LogP) is 2.50. The monoisotopic (exact) mass is 383 g/mol. The molecule has 0 atom stereocenters. The third kappa shape index (κ3) is 4.60. The maximum absolute atomic E-state index is 12.3. The number of furan rings is 1. The molecule has 28 heavy (non-hydrogen) atoms. The number of para-hydroxylation sites is 1. The van der Waals surface area contributed by atoms with Gasteiger partial charge in [0.15, 0.2) is 0 Å². The van der Waals surface area contributed by atoms with Gasteiger partial charge >= 0.3 is 11.8 Å². The highest BCUT2D eigenvalue weighted by Crippen LogP contribution is 2.20. The average molecular weight is 383 g/mol. The minimum atomic E-state index is -0.662. The number of piperidine rings is 1. The molecule has 2 N–H and O–H groups in total. The van der Waals surface area contributed by atoms with Crippen molar-refractivity contribution in [2.75, 3.05) is 25.0 Å². The van der Waals surface area contributed by atoms with E-state index in [-0.39, 0.29) is 11.8 Å². The Balaban J connectivity index is 1.44. The van der Waals surface area contributed by atoms with Crippen molar-refractivity contribution in [3.63, 3.8) is 0 Å². The fourth-order valence-corrected chi connectivity index (χ4v) is 3.41. The first-order valence-corrected chi connectivity index (χ1v) is 9.42. The second kappa shape index (κ2) is 8.73.